The number of aromatic nitrogens is 2. The van der Waals surface area contributed by atoms with Gasteiger partial charge in [-0.2, -0.15) is 0 Å². The summed E-state index contributed by atoms with van der Waals surface area (Å²) in [6.07, 6.45) is 1.83. The normalized spacial score (nSPS) is 10.9. The maximum absolute atomic E-state index is 11.2. The van der Waals surface area contributed by atoms with Crippen molar-refractivity contribution in [3.63, 3.8) is 0 Å². The molecule has 0 fully saturated rings. The first-order valence-electron chi connectivity index (χ1n) is 6.60. The van der Waals surface area contributed by atoms with Crippen molar-refractivity contribution in [1.29, 1.82) is 0 Å². The average molecular weight is 281 g/mol. The second kappa shape index (κ2) is 4.94. The van der Waals surface area contributed by atoms with Crippen molar-refractivity contribution < 1.29 is 9.90 Å². The number of nitrogens with zero attached hydrogens (tertiary/aromatic N) is 2. The lowest BCUT2D eigenvalue weighted by Crippen LogP contribution is -2.05. The number of carboxylic acids is 1. The summed E-state index contributed by atoms with van der Waals surface area (Å²) in [4.78, 5) is 15.7. The highest BCUT2D eigenvalue weighted by atomic mass is 16.4. The molecule has 0 aliphatic carbocycles. The number of nitrogen functional groups attached to an aromatic ring is 1. The van der Waals surface area contributed by atoms with Crippen LogP contribution in [0.15, 0.2) is 42.6 Å². The van der Waals surface area contributed by atoms with Crippen LogP contribution in [0.1, 0.15) is 11.3 Å². The lowest BCUT2D eigenvalue weighted by atomic mass is 10.1. The zero-order valence-corrected chi connectivity index (χ0v) is 11.6. The Balaban J connectivity index is 2.25. The van der Waals surface area contributed by atoms with Crippen molar-refractivity contribution in [1.82, 2.24) is 9.38 Å². The van der Waals surface area contributed by atoms with E-state index in [1.165, 1.54) is 0 Å². The van der Waals surface area contributed by atoms with Crippen LogP contribution in [0.4, 0.5) is 5.69 Å². The fourth-order valence-electron chi connectivity index (χ4n) is 2.38. The van der Waals surface area contributed by atoms with Crippen molar-refractivity contribution in [2.75, 3.05) is 5.73 Å². The molecule has 0 bridgehead atoms. The molecule has 0 spiro atoms. The van der Waals surface area contributed by atoms with Crippen molar-refractivity contribution in [2.24, 2.45) is 0 Å². The van der Waals surface area contributed by atoms with E-state index in [9.17, 15) is 4.79 Å². The van der Waals surface area contributed by atoms with Gasteiger partial charge in [-0.25, -0.2) is 4.98 Å². The molecular formula is C16H15N3O2. The summed E-state index contributed by atoms with van der Waals surface area (Å²) in [6, 6.07) is 11.1. The summed E-state index contributed by atoms with van der Waals surface area (Å²) < 4.78 is 1.84. The van der Waals surface area contributed by atoms with Gasteiger partial charge in [-0.3, -0.25) is 4.79 Å². The van der Waals surface area contributed by atoms with E-state index >= 15 is 0 Å². The van der Waals surface area contributed by atoms with E-state index in [-0.39, 0.29) is 6.42 Å². The van der Waals surface area contributed by atoms with Crippen LogP contribution in [0.3, 0.4) is 0 Å². The third kappa shape index (κ3) is 2.45. The average Bonchev–Trinajstić information content (AvgIpc) is 2.77. The molecule has 21 heavy (non-hydrogen) atoms. The Morgan fingerprint density at radius 2 is 1.95 bits per heavy atom. The molecule has 0 radical (unpaired) electrons. The fraction of sp³-hybridized carbons (Fsp3) is 0.125. The smallest absolute Gasteiger partial charge is 0.309 e. The monoisotopic (exact) mass is 281 g/mol. The van der Waals surface area contributed by atoms with Gasteiger partial charge in [0.15, 0.2) is 0 Å². The third-order valence-corrected chi connectivity index (χ3v) is 3.37. The Labute approximate surface area is 121 Å². The van der Waals surface area contributed by atoms with Crippen LogP contribution in [0.2, 0.25) is 0 Å². The Morgan fingerprint density at radius 3 is 2.62 bits per heavy atom. The van der Waals surface area contributed by atoms with E-state index in [4.69, 9.17) is 10.8 Å². The second-order valence-corrected chi connectivity index (χ2v) is 5.03. The predicted octanol–water partition coefficient (Wildman–Crippen LogP) is 2.52. The highest BCUT2D eigenvalue weighted by Crippen LogP contribution is 2.26. The molecule has 0 aliphatic heterocycles. The minimum absolute atomic E-state index is 0.0790. The number of rotatable bonds is 3. The fourth-order valence-corrected chi connectivity index (χ4v) is 2.38. The number of anilines is 1. The van der Waals surface area contributed by atoms with Crippen LogP contribution >= 0.6 is 0 Å². The number of nitrogens with two attached hydrogens (primary N) is 1. The summed E-state index contributed by atoms with van der Waals surface area (Å²) in [6.45, 7) is 1.97. The molecule has 0 amide bonds. The van der Waals surface area contributed by atoms with E-state index in [0.29, 0.717) is 17.1 Å². The molecule has 0 saturated carbocycles. The summed E-state index contributed by atoms with van der Waals surface area (Å²) in [5.74, 6) is -0.880. The highest BCUT2D eigenvalue weighted by molar-refractivity contribution is 5.76. The van der Waals surface area contributed by atoms with Crippen LogP contribution in [0, 0.1) is 6.92 Å². The summed E-state index contributed by atoms with van der Waals surface area (Å²) >= 11 is 0. The maximum Gasteiger partial charge on any atom is 0.309 e. The number of imidazole rings is 1. The van der Waals surface area contributed by atoms with E-state index < -0.39 is 5.97 Å². The SMILES string of the molecule is Cc1ccc2nc(-c3ccc(N)cc3)c(CC(=O)O)n2c1. The topological polar surface area (TPSA) is 80.6 Å². The third-order valence-electron chi connectivity index (χ3n) is 3.37. The highest BCUT2D eigenvalue weighted by Gasteiger charge is 2.16. The molecule has 3 aromatic rings. The number of aryl methyl sites for hydroxylation is 1. The molecule has 5 heteroatoms. The Kier molecular flexibility index (Phi) is 3.10. The van der Waals surface area contributed by atoms with Crippen molar-refractivity contribution in [2.45, 2.75) is 13.3 Å². The number of pyridine rings is 1. The van der Waals surface area contributed by atoms with Gasteiger partial charge in [-0.15, -0.1) is 0 Å². The standard InChI is InChI=1S/C16H15N3O2/c1-10-2-7-14-18-16(11-3-5-12(17)6-4-11)13(8-15(20)21)19(14)9-10/h2-7,9H,8,17H2,1H3,(H,20,21). The lowest BCUT2D eigenvalue weighted by Gasteiger charge is -2.04. The molecule has 1 aromatic carbocycles. The van der Waals surface area contributed by atoms with Crippen LogP contribution in [-0.2, 0) is 11.2 Å². The predicted molar refractivity (Wildman–Crippen MR) is 81.1 cm³/mol. The van der Waals surface area contributed by atoms with Crippen LogP contribution < -0.4 is 5.73 Å². The van der Waals surface area contributed by atoms with E-state index in [1.807, 2.05) is 41.8 Å². The first-order chi connectivity index (χ1) is 10.0. The minimum Gasteiger partial charge on any atom is -0.481 e. The molecule has 5 nitrogen and oxygen atoms in total. The largest absolute Gasteiger partial charge is 0.481 e. The summed E-state index contributed by atoms with van der Waals surface area (Å²) in [7, 11) is 0. The number of carbonyl (C=O) groups is 1. The van der Waals surface area contributed by atoms with Gasteiger partial charge in [-0.1, -0.05) is 18.2 Å². The first kappa shape index (κ1) is 13.2. The second-order valence-electron chi connectivity index (χ2n) is 5.03. The summed E-state index contributed by atoms with van der Waals surface area (Å²) in [5, 5.41) is 9.17. The number of hydrogen-bond acceptors (Lipinski definition) is 3. The van der Waals surface area contributed by atoms with Crippen molar-refractivity contribution in [3.8, 4) is 11.3 Å². The van der Waals surface area contributed by atoms with Gasteiger partial charge in [0.05, 0.1) is 17.8 Å². The first-order valence-corrected chi connectivity index (χ1v) is 6.60. The minimum atomic E-state index is -0.880. The zero-order valence-electron chi connectivity index (χ0n) is 11.6. The summed E-state index contributed by atoms with van der Waals surface area (Å²) in [5.41, 5.74) is 10.4. The number of hydrogen-bond donors (Lipinski definition) is 2. The molecule has 2 heterocycles. The molecule has 3 rings (SSSR count). The van der Waals surface area contributed by atoms with Gasteiger partial charge in [0.25, 0.3) is 0 Å². The van der Waals surface area contributed by atoms with E-state index in [0.717, 1.165) is 16.8 Å². The Hall–Kier alpha value is -2.82. The Morgan fingerprint density at radius 1 is 1.24 bits per heavy atom. The van der Waals surface area contributed by atoms with Crippen LogP contribution in [0.5, 0.6) is 0 Å². The van der Waals surface area contributed by atoms with Gasteiger partial charge in [0, 0.05) is 17.4 Å². The quantitative estimate of drug-likeness (QED) is 0.723. The van der Waals surface area contributed by atoms with E-state index in [2.05, 4.69) is 4.98 Å². The molecule has 0 atom stereocenters. The number of carboxylic acid groups (broad SMARTS) is 1. The van der Waals surface area contributed by atoms with E-state index in [1.54, 1.807) is 12.1 Å². The van der Waals surface area contributed by atoms with Crippen LogP contribution in [0.25, 0.3) is 16.9 Å². The van der Waals surface area contributed by atoms with Crippen molar-refractivity contribution >= 4 is 17.3 Å². The number of aliphatic carboxylic acids is 1. The van der Waals surface area contributed by atoms with Gasteiger partial charge >= 0.3 is 5.97 Å². The number of fused-ring (bicyclic) bond motifs is 1. The van der Waals surface area contributed by atoms with Gasteiger partial charge in [0.2, 0.25) is 0 Å². The van der Waals surface area contributed by atoms with Gasteiger partial charge in [-0.05, 0) is 30.7 Å². The van der Waals surface area contributed by atoms with Gasteiger partial charge < -0.3 is 15.2 Å². The molecule has 3 N–H and O–H groups in total. The molecule has 0 aliphatic rings. The maximum atomic E-state index is 11.2. The zero-order chi connectivity index (χ0) is 15.0. The van der Waals surface area contributed by atoms with Gasteiger partial charge in [0.1, 0.15) is 5.65 Å². The lowest BCUT2D eigenvalue weighted by molar-refractivity contribution is -0.136. The molecule has 2 aromatic heterocycles. The van der Waals surface area contributed by atoms with Crippen LogP contribution in [-0.4, -0.2) is 20.5 Å². The molecular weight excluding hydrogens is 266 g/mol. The van der Waals surface area contributed by atoms with Crippen molar-refractivity contribution in [3.05, 3.63) is 53.9 Å². The molecule has 0 unspecified atom stereocenters. The molecule has 106 valence electrons. The number of benzene rings is 1. The Bertz CT molecular complexity index is 819. The molecule has 0 saturated heterocycles.